The van der Waals surface area contributed by atoms with Crippen molar-refractivity contribution < 1.29 is 17.6 Å². The zero-order valence-corrected chi connectivity index (χ0v) is 17.8. The Balaban J connectivity index is 1.72. The SMILES string of the molecule is C[C@@H](C(=O)N1CCN(c2ccc(F)cc2)CC1)N(c1cccc(Cl)c1)S(C)(=O)=O. The molecule has 0 unspecified atom stereocenters. The molecule has 0 saturated carbocycles. The number of nitrogens with zero attached hydrogens (tertiary/aromatic N) is 3. The Bertz CT molecular complexity index is 977. The topological polar surface area (TPSA) is 60.9 Å². The van der Waals surface area contributed by atoms with E-state index in [4.69, 9.17) is 11.6 Å². The summed E-state index contributed by atoms with van der Waals surface area (Å²) in [6, 6.07) is 11.8. The van der Waals surface area contributed by atoms with Crippen LogP contribution in [0.1, 0.15) is 6.92 Å². The van der Waals surface area contributed by atoms with E-state index < -0.39 is 16.1 Å². The van der Waals surface area contributed by atoms with Crippen LogP contribution in [0.25, 0.3) is 0 Å². The molecule has 2 aromatic carbocycles. The molecule has 1 aliphatic heterocycles. The maximum absolute atomic E-state index is 13.1. The molecule has 156 valence electrons. The number of sulfonamides is 1. The van der Waals surface area contributed by atoms with Crippen LogP contribution in [0, 0.1) is 5.82 Å². The lowest BCUT2D eigenvalue weighted by Gasteiger charge is -2.39. The zero-order chi connectivity index (χ0) is 21.2. The first-order valence-electron chi connectivity index (χ1n) is 9.21. The highest BCUT2D eigenvalue weighted by atomic mass is 35.5. The smallest absolute Gasteiger partial charge is 0.246 e. The van der Waals surface area contributed by atoms with E-state index >= 15 is 0 Å². The molecule has 9 heteroatoms. The molecule has 1 atom stereocenters. The van der Waals surface area contributed by atoms with E-state index in [9.17, 15) is 17.6 Å². The first kappa shape index (κ1) is 21.4. The number of hydrogen-bond acceptors (Lipinski definition) is 4. The second-order valence-electron chi connectivity index (χ2n) is 7.00. The minimum Gasteiger partial charge on any atom is -0.368 e. The van der Waals surface area contributed by atoms with Crippen LogP contribution in [-0.4, -0.2) is 57.7 Å². The van der Waals surface area contributed by atoms with Crippen molar-refractivity contribution in [2.45, 2.75) is 13.0 Å². The van der Waals surface area contributed by atoms with Crippen LogP contribution in [0.3, 0.4) is 0 Å². The van der Waals surface area contributed by atoms with Crippen molar-refractivity contribution in [1.29, 1.82) is 0 Å². The van der Waals surface area contributed by atoms with Crippen LogP contribution in [0.4, 0.5) is 15.8 Å². The van der Waals surface area contributed by atoms with Gasteiger partial charge >= 0.3 is 0 Å². The minimum absolute atomic E-state index is 0.269. The molecule has 0 bridgehead atoms. The van der Waals surface area contributed by atoms with E-state index in [1.54, 1.807) is 42.2 Å². The molecule has 1 saturated heterocycles. The number of piperazine rings is 1. The second kappa shape index (κ2) is 8.59. The van der Waals surface area contributed by atoms with Gasteiger partial charge in [-0.25, -0.2) is 12.8 Å². The van der Waals surface area contributed by atoms with Gasteiger partial charge in [-0.15, -0.1) is 0 Å². The second-order valence-corrected chi connectivity index (χ2v) is 9.30. The van der Waals surface area contributed by atoms with Crippen molar-refractivity contribution in [1.82, 2.24) is 4.90 Å². The van der Waals surface area contributed by atoms with Gasteiger partial charge in [0.2, 0.25) is 15.9 Å². The summed E-state index contributed by atoms with van der Waals surface area (Å²) in [6.07, 6.45) is 1.07. The number of rotatable bonds is 5. The average molecular weight is 440 g/mol. The number of hydrogen-bond donors (Lipinski definition) is 0. The Kier molecular flexibility index (Phi) is 6.33. The van der Waals surface area contributed by atoms with E-state index in [-0.39, 0.29) is 11.7 Å². The fourth-order valence-electron chi connectivity index (χ4n) is 3.52. The van der Waals surface area contributed by atoms with E-state index in [1.807, 2.05) is 0 Å². The van der Waals surface area contributed by atoms with Gasteiger partial charge in [-0.3, -0.25) is 9.10 Å². The van der Waals surface area contributed by atoms with Gasteiger partial charge in [0, 0.05) is 36.9 Å². The molecule has 0 aliphatic carbocycles. The monoisotopic (exact) mass is 439 g/mol. The van der Waals surface area contributed by atoms with Gasteiger partial charge in [-0.1, -0.05) is 17.7 Å². The van der Waals surface area contributed by atoms with E-state index in [0.29, 0.717) is 36.9 Å². The first-order valence-corrected chi connectivity index (χ1v) is 11.4. The standard InChI is InChI=1S/C20H23ClFN3O3S/c1-15(25(29(2,27)28)19-5-3-4-16(21)14-19)20(26)24-12-10-23(11-13-24)18-8-6-17(22)7-9-18/h3-9,14-15H,10-13H2,1-2H3/t15-/m0/s1. The van der Waals surface area contributed by atoms with Gasteiger partial charge in [0.05, 0.1) is 11.9 Å². The number of benzene rings is 2. The maximum atomic E-state index is 13.1. The van der Waals surface area contributed by atoms with Gasteiger partial charge < -0.3 is 9.80 Å². The van der Waals surface area contributed by atoms with Crippen molar-refractivity contribution in [3.05, 3.63) is 59.4 Å². The Morgan fingerprint density at radius 2 is 1.72 bits per heavy atom. The van der Waals surface area contributed by atoms with Crippen LogP contribution < -0.4 is 9.21 Å². The largest absolute Gasteiger partial charge is 0.368 e. The molecule has 0 radical (unpaired) electrons. The van der Waals surface area contributed by atoms with E-state index in [0.717, 1.165) is 16.2 Å². The summed E-state index contributed by atoms with van der Waals surface area (Å²) < 4.78 is 39.0. The quantitative estimate of drug-likeness (QED) is 0.718. The predicted molar refractivity (Wildman–Crippen MR) is 113 cm³/mol. The molecule has 0 N–H and O–H groups in total. The number of amides is 1. The van der Waals surface area contributed by atoms with Gasteiger partial charge in [0.1, 0.15) is 11.9 Å². The molecule has 1 heterocycles. The molecule has 1 aliphatic rings. The van der Waals surface area contributed by atoms with Crippen molar-refractivity contribution in [2.75, 3.05) is 41.6 Å². The van der Waals surface area contributed by atoms with Crippen LogP contribution in [0.2, 0.25) is 5.02 Å². The molecule has 1 amide bonds. The molecule has 1 fully saturated rings. The number of anilines is 2. The van der Waals surface area contributed by atoms with E-state index in [1.165, 1.54) is 18.2 Å². The van der Waals surface area contributed by atoms with E-state index in [2.05, 4.69) is 4.90 Å². The highest BCUT2D eigenvalue weighted by molar-refractivity contribution is 7.92. The third-order valence-corrected chi connectivity index (χ3v) is 6.39. The molecule has 3 rings (SSSR count). The molecule has 29 heavy (non-hydrogen) atoms. The molecule has 0 aromatic heterocycles. The first-order chi connectivity index (χ1) is 13.7. The van der Waals surface area contributed by atoms with Crippen LogP contribution in [-0.2, 0) is 14.8 Å². The number of halogens is 2. The number of carbonyl (C=O) groups is 1. The van der Waals surface area contributed by atoms with Crippen molar-refractivity contribution in [3.63, 3.8) is 0 Å². The van der Waals surface area contributed by atoms with Gasteiger partial charge in [-0.05, 0) is 49.4 Å². The molecule has 0 spiro atoms. The highest BCUT2D eigenvalue weighted by Crippen LogP contribution is 2.25. The molecule has 2 aromatic rings. The average Bonchev–Trinajstić information content (AvgIpc) is 2.67. The Morgan fingerprint density at radius 1 is 1.10 bits per heavy atom. The summed E-state index contributed by atoms with van der Waals surface area (Å²) in [5.41, 5.74) is 1.24. The van der Waals surface area contributed by atoms with Crippen molar-refractivity contribution in [3.8, 4) is 0 Å². The lowest BCUT2D eigenvalue weighted by atomic mass is 10.2. The Labute approximate surface area is 175 Å². The van der Waals surface area contributed by atoms with Gasteiger partial charge in [-0.2, -0.15) is 0 Å². The van der Waals surface area contributed by atoms with Crippen LogP contribution >= 0.6 is 11.6 Å². The van der Waals surface area contributed by atoms with Gasteiger partial charge in [0.15, 0.2) is 0 Å². The minimum atomic E-state index is -3.69. The third-order valence-electron chi connectivity index (χ3n) is 4.91. The lowest BCUT2D eigenvalue weighted by molar-refractivity contribution is -0.132. The van der Waals surface area contributed by atoms with Crippen molar-refractivity contribution in [2.24, 2.45) is 0 Å². The maximum Gasteiger partial charge on any atom is 0.246 e. The lowest BCUT2D eigenvalue weighted by Crippen LogP contribution is -2.55. The fraction of sp³-hybridized carbons (Fsp3) is 0.350. The summed E-state index contributed by atoms with van der Waals surface area (Å²) in [7, 11) is -3.69. The summed E-state index contributed by atoms with van der Waals surface area (Å²) in [4.78, 5) is 16.8. The predicted octanol–water partition coefficient (Wildman–Crippen LogP) is 2.98. The normalized spacial score (nSPS) is 15.9. The molecular weight excluding hydrogens is 417 g/mol. The summed E-state index contributed by atoms with van der Waals surface area (Å²) in [5, 5.41) is 0.392. The number of carbonyl (C=O) groups excluding carboxylic acids is 1. The fourth-order valence-corrected chi connectivity index (χ4v) is 4.86. The van der Waals surface area contributed by atoms with Crippen LogP contribution in [0.5, 0.6) is 0 Å². The summed E-state index contributed by atoms with van der Waals surface area (Å²) in [6.45, 7) is 3.65. The summed E-state index contributed by atoms with van der Waals surface area (Å²) >= 11 is 6.01. The van der Waals surface area contributed by atoms with Crippen LogP contribution in [0.15, 0.2) is 48.5 Å². The third kappa shape index (κ3) is 5.00. The van der Waals surface area contributed by atoms with Gasteiger partial charge in [0.25, 0.3) is 0 Å². The molecule has 6 nitrogen and oxygen atoms in total. The Hall–Kier alpha value is -2.32. The van der Waals surface area contributed by atoms with Crippen molar-refractivity contribution >= 4 is 38.9 Å². The summed E-state index contributed by atoms with van der Waals surface area (Å²) in [5.74, 6) is -0.563. The zero-order valence-electron chi connectivity index (χ0n) is 16.3. The molecular formula is C20H23ClFN3O3S. The Morgan fingerprint density at radius 3 is 2.28 bits per heavy atom. The highest BCUT2D eigenvalue weighted by Gasteiger charge is 2.33.